The molecule has 4 heterocycles. The van der Waals surface area contributed by atoms with Gasteiger partial charge < -0.3 is 19.8 Å². The Bertz CT molecular complexity index is 1360. The molecule has 9 nitrogen and oxygen atoms in total. The third-order valence-corrected chi connectivity index (χ3v) is 8.24. The minimum atomic E-state index is -1.07. The number of nitrogens with zero attached hydrogens (tertiary/aromatic N) is 4. The van der Waals surface area contributed by atoms with Crippen molar-refractivity contribution in [2.24, 2.45) is 10.9 Å². The molecular formula is C27H31N5O4S. The summed E-state index contributed by atoms with van der Waals surface area (Å²) in [6, 6.07) is 9.04. The number of benzene rings is 1. The lowest BCUT2D eigenvalue weighted by atomic mass is 9.90. The van der Waals surface area contributed by atoms with Gasteiger partial charge in [0.05, 0.1) is 33.9 Å². The molecule has 1 fully saturated rings. The molecule has 194 valence electrons. The van der Waals surface area contributed by atoms with Gasteiger partial charge in [-0.05, 0) is 37.8 Å². The van der Waals surface area contributed by atoms with E-state index < -0.39 is 23.6 Å². The Hall–Kier alpha value is -3.37. The number of likely N-dealkylation sites (tertiary alicyclic amines) is 1. The van der Waals surface area contributed by atoms with E-state index in [1.165, 1.54) is 0 Å². The summed E-state index contributed by atoms with van der Waals surface area (Å²) in [7, 11) is 0. The molecule has 2 aliphatic heterocycles. The van der Waals surface area contributed by atoms with E-state index in [9.17, 15) is 14.7 Å². The molecule has 0 radical (unpaired) electrons. The number of hydrogen-bond acceptors (Lipinski definition) is 8. The van der Waals surface area contributed by atoms with Crippen LogP contribution in [0, 0.1) is 19.8 Å². The highest BCUT2D eigenvalue weighted by molar-refractivity contribution is 7.13. The Kier molecular flexibility index (Phi) is 6.49. The van der Waals surface area contributed by atoms with Gasteiger partial charge in [0.2, 0.25) is 5.91 Å². The molecule has 2 N–H and O–H groups in total. The number of aliphatic hydroxyl groups is 1. The average molecular weight is 522 g/mol. The maximum absolute atomic E-state index is 13.8. The van der Waals surface area contributed by atoms with Gasteiger partial charge in [-0.3, -0.25) is 9.59 Å². The van der Waals surface area contributed by atoms with Gasteiger partial charge in [-0.1, -0.05) is 43.3 Å². The molecule has 0 bridgehead atoms. The van der Waals surface area contributed by atoms with Gasteiger partial charge in [0.25, 0.3) is 5.91 Å². The van der Waals surface area contributed by atoms with Crippen LogP contribution in [0.25, 0.3) is 10.4 Å². The van der Waals surface area contributed by atoms with Crippen LogP contribution >= 0.6 is 11.3 Å². The lowest BCUT2D eigenvalue weighted by Crippen LogP contribution is -2.51. The van der Waals surface area contributed by atoms with Gasteiger partial charge in [-0.25, -0.2) is 4.98 Å². The Morgan fingerprint density at radius 2 is 2.00 bits per heavy atom. The summed E-state index contributed by atoms with van der Waals surface area (Å²) in [6.45, 7) is 9.64. The molecular weight excluding hydrogens is 490 g/mol. The minimum absolute atomic E-state index is 0.0516. The van der Waals surface area contributed by atoms with Crippen molar-refractivity contribution in [3.05, 3.63) is 58.6 Å². The van der Waals surface area contributed by atoms with Crippen LogP contribution in [0.3, 0.4) is 0 Å². The van der Waals surface area contributed by atoms with Crippen molar-refractivity contribution in [1.82, 2.24) is 20.4 Å². The number of amidine groups is 1. The van der Waals surface area contributed by atoms with Gasteiger partial charge in [-0.15, -0.1) is 11.3 Å². The molecule has 37 heavy (non-hydrogen) atoms. The molecule has 3 aromatic rings. The first-order valence-electron chi connectivity index (χ1n) is 12.4. The van der Waals surface area contributed by atoms with Crippen molar-refractivity contribution in [1.29, 1.82) is 0 Å². The van der Waals surface area contributed by atoms with Crippen molar-refractivity contribution >= 4 is 29.0 Å². The number of β-amino-alcohol motifs (C(OH)–C–C–N with tert-alkyl or cyclic N) is 1. The highest BCUT2D eigenvalue weighted by Crippen LogP contribution is 2.35. The van der Waals surface area contributed by atoms with Crippen molar-refractivity contribution in [3.63, 3.8) is 0 Å². The maximum Gasteiger partial charge on any atom is 0.277 e. The van der Waals surface area contributed by atoms with E-state index in [2.05, 4.69) is 20.4 Å². The van der Waals surface area contributed by atoms with Crippen LogP contribution in [0.1, 0.15) is 55.8 Å². The summed E-state index contributed by atoms with van der Waals surface area (Å²) in [5, 5.41) is 17.8. The topological polar surface area (TPSA) is 121 Å². The van der Waals surface area contributed by atoms with Gasteiger partial charge >= 0.3 is 0 Å². The first-order chi connectivity index (χ1) is 17.6. The Labute approximate surface area is 219 Å². The normalized spacial score (nSPS) is 24.5. The number of hydrogen-bond donors (Lipinski definition) is 2. The smallest absolute Gasteiger partial charge is 0.277 e. The van der Waals surface area contributed by atoms with Crippen molar-refractivity contribution in [2.45, 2.75) is 64.6 Å². The zero-order valence-corrected chi connectivity index (χ0v) is 22.4. The Morgan fingerprint density at radius 1 is 1.27 bits per heavy atom. The molecule has 1 saturated heterocycles. The third kappa shape index (κ3) is 4.48. The molecule has 10 heteroatoms. The van der Waals surface area contributed by atoms with E-state index >= 15 is 0 Å². The predicted molar refractivity (Wildman–Crippen MR) is 140 cm³/mol. The summed E-state index contributed by atoms with van der Waals surface area (Å²) in [6.07, 6.45) is -0.420. The summed E-state index contributed by atoms with van der Waals surface area (Å²) in [4.78, 5) is 38.3. The summed E-state index contributed by atoms with van der Waals surface area (Å²) >= 11 is 1.58. The molecule has 0 spiro atoms. The zero-order valence-electron chi connectivity index (χ0n) is 21.6. The number of rotatable bonds is 6. The fraction of sp³-hybridized carbons (Fsp3) is 0.444. The Balaban J connectivity index is 1.39. The Morgan fingerprint density at radius 3 is 2.59 bits per heavy atom. The number of carbonyl (C=O) groups is 2. The number of thiazole rings is 1. The van der Waals surface area contributed by atoms with Crippen molar-refractivity contribution < 1.29 is 19.2 Å². The quantitative estimate of drug-likeness (QED) is 0.509. The first kappa shape index (κ1) is 25.3. The number of amides is 2. The van der Waals surface area contributed by atoms with Crippen LogP contribution in [0.4, 0.5) is 0 Å². The molecule has 4 atom stereocenters. The molecule has 0 aliphatic carbocycles. The van der Waals surface area contributed by atoms with E-state index in [0.717, 1.165) is 21.7 Å². The lowest BCUT2D eigenvalue weighted by Gasteiger charge is -2.31. The highest BCUT2D eigenvalue weighted by atomic mass is 32.1. The minimum Gasteiger partial charge on any atom is -0.391 e. The van der Waals surface area contributed by atoms with Gasteiger partial charge in [0, 0.05) is 19.0 Å². The van der Waals surface area contributed by atoms with E-state index in [4.69, 9.17) is 4.52 Å². The zero-order chi connectivity index (χ0) is 26.5. The van der Waals surface area contributed by atoms with Crippen LogP contribution < -0.4 is 5.32 Å². The second-order valence-corrected chi connectivity index (χ2v) is 11.2. The van der Waals surface area contributed by atoms with Crippen molar-refractivity contribution in [2.75, 3.05) is 6.54 Å². The fourth-order valence-electron chi connectivity index (χ4n) is 5.21. The van der Waals surface area contributed by atoms with Gasteiger partial charge in [-0.2, -0.15) is 4.99 Å². The molecule has 0 unspecified atom stereocenters. The number of nitrogens with one attached hydrogen (secondary N) is 1. The molecule has 2 aliphatic rings. The predicted octanol–water partition coefficient (Wildman–Crippen LogP) is 3.56. The SMILES string of the molecule is Cc1cc([C@@H](C(=O)N2C[C@H](O)C[C@@H]2C2=NC(=O)[C@](C)(c3ccc(-c4scnc4C)cc3)N2)C(C)C)on1. The largest absolute Gasteiger partial charge is 0.391 e. The molecule has 2 amide bonds. The number of aryl methyl sites for hydroxylation is 2. The van der Waals surface area contributed by atoms with E-state index in [1.54, 1.807) is 29.2 Å². The van der Waals surface area contributed by atoms with E-state index in [0.29, 0.717) is 23.7 Å². The molecule has 5 rings (SSSR count). The van der Waals surface area contributed by atoms with Gasteiger partial charge in [0.15, 0.2) is 0 Å². The summed E-state index contributed by atoms with van der Waals surface area (Å²) in [5.41, 5.74) is 4.23. The standard InChI is InChI=1S/C27H31N5O4S/c1-14(2)22(21-10-15(3)31-36-21)25(34)32-12-19(33)11-20(32)24-29-26(35)27(5,30-24)18-8-6-17(7-9-18)23-16(4)28-13-37-23/h6-10,13-14,19-20,22,33H,11-12H2,1-5H3,(H,29,30,35)/t19-,20-,22+,27+/m1/s1. The van der Waals surface area contributed by atoms with Crippen molar-refractivity contribution in [3.8, 4) is 10.4 Å². The van der Waals surface area contributed by atoms with Crippen LogP contribution in [-0.4, -0.2) is 56.5 Å². The third-order valence-electron chi connectivity index (χ3n) is 7.26. The van der Waals surface area contributed by atoms with Crippen LogP contribution in [0.2, 0.25) is 0 Å². The number of aromatic nitrogens is 2. The average Bonchev–Trinajstić information content (AvgIpc) is 3.62. The first-order valence-corrected chi connectivity index (χ1v) is 13.3. The number of aliphatic imine (C=N–C) groups is 1. The second-order valence-electron chi connectivity index (χ2n) is 10.4. The van der Waals surface area contributed by atoms with Crippen LogP contribution in [0.5, 0.6) is 0 Å². The molecule has 1 aromatic carbocycles. The number of carbonyl (C=O) groups excluding carboxylic acids is 2. The second kappa shape index (κ2) is 9.50. The molecule has 0 saturated carbocycles. The summed E-state index contributed by atoms with van der Waals surface area (Å²) < 4.78 is 5.44. The highest BCUT2D eigenvalue weighted by Gasteiger charge is 2.48. The number of aliphatic hydroxyl groups excluding tert-OH is 1. The maximum atomic E-state index is 13.8. The molecule has 2 aromatic heterocycles. The van der Waals surface area contributed by atoms with Gasteiger partial charge in [0.1, 0.15) is 23.1 Å². The monoisotopic (exact) mass is 521 g/mol. The lowest BCUT2D eigenvalue weighted by molar-refractivity contribution is -0.134. The van der Waals surface area contributed by atoms with Crippen LogP contribution in [-0.2, 0) is 15.1 Å². The summed E-state index contributed by atoms with van der Waals surface area (Å²) in [5.74, 6) is -0.218. The van der Waals surface area contributed by atoms with E-state index in [1.807, 2.05) is 57.5 Å². The fourth-order valence-corrected chi connectivity index (χ4v) is 6.02. The van der Waals surface area contributed by atoms with E-state index in [-0.39, 0.29) is 24.3 Å². The van der Waals surface area contributed by atoms with Crippen LogP contribution in [0.15, 0.2) is 45.4 Å².